The third-order valence-corrected chi connectivity index (χ3v) is 6.46. The summed E-state index contributed by atoms with van der Waals surface area (Å²) >= 11 is 0. The average Bonchev–Trinajstić information content (AvgIpc) is 3.28. The predicted octanol–water partition coefficient (Wildman–Crippen LogP) is 4.22. The van der Waals surface area contributed by atoms with Crippen LogP contribution in [0.1, 0.15) is 0 Å². The van der Waals surface area contributed by atoms with Crippen LogP contribution in [0, 0.1) is 5.82 Å². The van der Waals surface area contributed by atoms with Crippen molar-refractivity contribution in [1.82, 2.24) is 9.55 Å². The molecule has 0 spiro atoms. The molecule has 156 valence electrons. The maximum absolute atomic E-state index is 13.5. The molecule has 5 aromatic rings. The molecule has 0 aliphatic rings. The third-order valence-electron chi connectivity index (χ3n) is 5.08. The molecule has 0 amide bonds. The number of aromatic nitrogens is 2. The van der Waals surface area contributed by atoms with Crippen molar-refractivity contribution in [3.63, 3.8) is 0 Å². The molecule has 2 heterocycles. The smallest absolute Gasteiger partial charge is 0.408 e. The number of aromatic amines is 1. The van der Waals surface area contributed by atoms with Crippen molar-refractivity contribution in [2.75, 3.05) is 4.72 Å². The van der Waals surface area contributed by atoms with Gasteiger partial charge in [0.1, 0.15) is 5.82 Å². The van der Waals surface area contributed by atoms with Crippen LogP contribution in [0.5, 0.6) is 0 Å². The molecule has 9 heteroatoms. The fourth-order valence-electron chi connectivity index (χ4n) is 3.50. The van der Waals surface area contributed by atoms with Crippen LogP contribution >= 0.6 is 0 Å². The number of halogens is 1. The van der Waals surface area contributed by atoms with Gasteiger partial charge in [0.2, 0.25) is 0 Å². The van der Waals surface area contributed by atoms with Crippen LogP contribution in [0.25, 0.3) is 33.3 Å². The molecule has 31 heavy (non-hydrogen) atoms. The second-order valence-electron chi connectivity index (χ2n) is 7.16. The molecule has 0 saturated carbocycles. The topological polar surface area (TPSA) is 97.1 Å². The van der Waals surface area contributed by atoms with Gasteiger partial charge in [-0.3, -0.25) is 9.29 Å². The third kappa shape index (κ3) is 3.38. The summed E-state index contributed by atoms with van der Waals surface area (Å²) in [5.74, 6) is -0.894. The van der Waals surface area contributed by atoms with Crippen LogP contribution in [0.3, 0.4) is 0 Å². The number of sulfonamides is 1. The summed E-state index contributed by atoms with van der Waals surface area (Å²) in [6.45, 7) is 0. The Morgan fingerprint density at radius 3 is 2.71 bits per heavy atom. The first kappa shape index (κ1) is 19.1. The number of hydrogen-bond acceptors (Lipinski definition) is 4. The first-order valence-corrected chi connectivity index (χ1v) is 10.8. The molecule has 0 aliphatic heterocycles. The van der Waals surface area contributed by atoms with Crippen LogP contribution in [-0.2, 0) is 17.1 Å². The van der Waals surface area contributed by atoms with Crippen LogP contribution in [0.2, 0.25) is 0 Å². The number of aryl methyl sites for hydroxylation is 1. The van der Waals surface area contributed by atoms with E-state index in [-0.39, 0.29) is 16.3 Å². The van der Waals surface area contributed by atoms with Gasteiger partial charge in [-0.05, 0) is 48.5 Å². The highest BCUT2D eigenvalue weighted by molar-refractivity contribution is 7.92. The Kier molecular flexibility index (Phi) is 4.23. The monoisotopic (exact) mass is 437 g/mol. The Hall–Kier alpha value is -3.85. The number of hydrogen-bond donors (Lipinski definition) is 2. The van der Waals surface area contributed by atoms with Gasteiger partial charge in [0.05, 0.1) is 10.4 Å². The van der Waals surface area contributed by atoms with E-state index >= 15 is 0 Å². The van der Waals surface area contributed by atoms with Crippen LogP contribution in [-0.4, -0.2) is 18.0 Å². The number of H-pyrrole nitrogens is 1. The molecule has 2 N–H and O–H groups in total. The van der Waals surface area contributed by atoms with Crippen molar-refractivity contribution in [3.8, 4) is 11.3 Å². The zero-order valence-electron chi connectivity index (χ0n) is 16.2. The fraction of sp³-hybridized carbons (Fsp3) is 0.0455. The first-order chi connectivity index (χ1) is 14.8. The van der Waals surface area contributed by atoms with E-state index in [0.717, 1.165) is 22.2 Å². The van der Waals surface area contributed by atoms with Crippen molar-refractivity contribution in [3.05, 3.63) is 83.1 Å². The molecule has 0 bridgehead atoms. The van der Waals surface area contributed by atoms with Crippen LogP contribution in [0.4, 0.5) is 10.1 Å². The Morgan fingerprint density at radius 1 is 1.03 bits per heavy atom. The normalized spacial score (nSPS) is 11.9. The lowest BCUT2D eigenvalue weighted by molar-refractivity contribution is 0.527. The molecule has 0 saturated heterocycles. The van der Waals surface area contributed by atoms with E-state index in [4.69, 9.17) is 4.42 Å². The molecule has 3 aromatic carbocycles. The first-order valence-electron chi connectivity index (χ1n) is 9.31. The lowest BCUT2D eigenvalue weighted by Crippen LogP contribution is -2.13. The second kappa shape index (κ2) is 6.85. The van der Waals surface area contributed by atoms with E-state index < -0.39 is 15.8 Å². The van der Waals surface area contributed by atoms with Crippen molar-refractivity contribution in [1.29, 1.82) is 0 Å². The van der Waals surface area contributed by atoms with Gasteiger partial charge in [-0.15, -0.1) is 0 Å². The molecule has 0 unspecified atom stereocenters. The van der Waals surface area contributed by atoms with Crippen LogP contribution < -0.4 is 10.5 Å². The molecule has 2 aromatic heterocycles. The minimum Gasteiger partial charge on any atom is -0.408 e. The molecular formula is C22H16FN3O4S. The number of oxazole rings is 1. The molecule has 0 radical (unpaired) electrons. The molecule has 5 rings (SSSR count). The van der Waals surface area contributed by atoms with E-state index in [2.05, 4.69) is 9.71 Å². The highest BCUT2D eigenvalue weighted by atomic mass is 32.2. The molecule has 0 atom stereocenters. The summed E-state index contributed by atoms with van der Waals surface area (Å²) in [5, 5.41) is 0.721. The average molecular weight is 437 g/mol. The van der Waals surface area contributed by atoms with Gasteiger partial charge in [0.25, 0.3) is 10.0 Å². The summed E-state index contributed by atoms with van der Waals surface area (Å²) in [4.78, 5) is 14.8. The number of benzene rings is 3. The van der Waals surface area contributed by atoms with Crippen molar-refractivity contribution in [2.24, 2.45) is 7.05 Å². The standard InChI is InChI=1S/C22H16FN3O4S/c1-26-20-8-6-17(12-21(20)30-22(26)27)31(28,29)25-16-4-2-3-13(10-16)19-11-14-9-15(23)5-7-18(14)24-19/h2-12,24-25H,1H3. The van der Waals surface area contributed by atoms with Gasteiger partial charge >= 0.3 is 5.76 Å². The van der Waals surface area contributed by atoms with Gasteiger partial charge in [-0.1, -0.05) is 12.1 Å². The maximum Gasteiger partial charge on any atom is 0.419 e. The fourth-order valence-corrected chi connectivity index (χ4v) is 4.57. The largest absolute Gasteiger partial charge is 0.419 e. The number of rotatable bonds is 4. The Morgan fingerprint density at radius 2 is 1.87 bits per heavy atom. The lowest BCUT2D eigenvalue weighted by atomic mass is 10.1. The van der Waals surface area contributed by atoms with E-state index in [1.54, 1.807) is 37.4 Å². The minimum absolute atomic E-state index is 0.0270. The van der Waals surface area contributed by atoms with Gasteiger partial charge in [-0.2, -0.15) is 0 Å². The summed E-state index contributed by atoms with van der Waals surface area (Å²) in [5.41, 5.74) is 3.29. The molecule has 0 fully saturated rings. The van der Waals surface area contributed by atoms with Gasteiger partial charge in [0.15, 0.2) is 5.58 Å². The Bertz CT molecular complexity index is 1630. The lowest BCUT2D eigenvalue weighted by Gasteiger charge is -2.09. The van der Waals surface area contributed by atoms with E-state index in [0.29, 0.717) is 11.2 Å². The predicted molar refractivity (Wildman–Crippen MR) is 116 cm³/mol. The van der Waals surface area contributed by atoms with Crippen molar-refractivity contribution >= 4 is 37.7 Å². The number of nitrogens with one attached hydrogen (secondary N) is 2. The van der Waals surface area contributed by atoms with Gasteiger partial charge in [0, 0.05) is 41.0 Å². The van der Waals surface area contributed by atoms with Crippen molar-refractivity contribution in [2.45, 2.75) is 4.90 Å². The summed E-state index contributed by atoms with van der Waals surface area (Å²) in [6, 6.07) is 17.4. The summed E-state index contributed by atoms with van der Waals surface area (Å²) < 4.78 is 48.1. The van der Waals surface area contributed by atoms with Crippen LogP contribution in [0.15, 0.2) is 80.8 Å². The van der Waals surface area contributed by atoms with Gasteiger partial charge < -0.3 is 9.40 Å². The zero-order valence-corrected chi connectivity index (χ0v) is 17.0. The zero-order chi connectivity index (χ0) is 21.8. The Balaban J connectivity index is 1.48. The van der Waals surface area contributed by atoms with Gasteiger partial charge in [-0.25, -0.2) is 17.6 Å². The highest BCUT2D eigenvalue weighted by Crippen LogP contribution is 2.28. The maximum atomic E-state index is 13.5. The van der Waals surface area contributed by atoms with Crippen molar-refractivity contribution < 1.29 is 17.2 Å². The number of nitrogens with zero attached hydrogens (tertiary/aromatic N) is 1. The van der Waals surface area contributed by atoms with E-state index in [9.17, 15) is 17.6 Å². The highest BCUT2D eigenvalue weighted by Gasteiger charge is 2.17. The molecule has 7 nitrogen and oxygen atoms in total. The Labute approximate surface area is 175 Å². The number of anilines is 1. The minimum atomic E-state index is -3.92. The summed E-state index contributed by atoms with van der Waals surface area (Å²) in [7, 11) is -2.37. The van der Waals surface area contributed by atoms with E-state index in [1.807, 2.05) is 6.07 Å². The second-order valence-corrected chi connectivity index (χ2v) is 8.84. The molecule has 0 aliphatic carbocycles. The molecular weight excluding hydrogens is 421 g/mol. The summed E-state index contributed by atoms with van der Waals surface area (Å²) in [6.07, 6.45) is 0. The van der Waals surface area contributed by atoms with E-state index in [1.165, 1.54) is 34.9 Å². The SMILES string of the molecule is Cn1c(=O)oc2cc(S(=O)(=O)Nc3cccc(-c4cc5cc(F)ccc5[nH]4)c3)ccc21. The number of fused-ring (bicyclic) bond motifs is 2. The quantitative estimate of drug-likeness (QED) is 0.440.